The minimum Gasteiger partial charge on any atom is -0.418 e. The molecule has 0 saturated heterocycles. The minimum absolute atomic E-state index is 1.27. The summed E-state index contributed by atoms with van der Waals surface area (Å²) >= 11 is 0. The summed E-state index contributed by atoms with van der Waals surface area (Å²) < 4.78 is 39.0. The zero-order valence-electron chi connectivity index (χ0n) is 21.5. The topological polar surface area (TPSA) is 0 Å². The maximum Gasteiger partial charge on any atom is 0.673 e. The minimum atomic E-state index is -6.00. The fourth-order valence-electron chi connectivity index (χ4n) is 4.72. The van der Waals surface area contributed by atoms with Gasteiger partial charge < -0.3 is 17.3 Å². The Morgan fingerprint density at radius 3 is 1.06 bits per heavy atom. The van der Waals surface area contributed by atoms with Crippen LogP contribution < -0.4 is 15.9 Å². The molecule has 0 aliphatic carbocycles. The molecule has 0 radical (unpaired) electrons. The van der Waals surface area contributed by atoms with Crippen LogP contribution >= 0.6 is 7.26 Å². The quantitative estimate of drug-likeness (QED) is 0.0864. The number of unbranched alkanes of at least 4 members (excludes halogenated alkanes) is 9. The van der Waals surface area contributed by atoms with Crippen LogP contribution in [-0.4, -0.2) is 13.4 Å². The Morgan fingerprint density at radius 2 is 0.750 bits per heavy atom. The van der Waals surface area contributed by atoms with Crippen LogP contribution in [0.1, 0.15) is 71.1 Å². The summed E-state index contributed by atoms with van der Waals surface area (Å²) in [5.41, 5.74) is 0. The lowest BCUT2D eigenvalue weighted by Crippen LogP contribution is -2.33. The summed E-state index contributed by atoms with van der Waals surface area (Å²) in [6, 6.07) is 33.9. The number of hydrogen-bond donors (Lipinski definition) is 0. The molecule has 3 aromatic carbocycles. The van der Waals surface area contributed by atoms with Gasteiger partial charge in [-0.3, -0.25) is 0 Å². The van der Waals surface area contributed by atoms with Crippen LogP contribution in [-0.2, 0) is 0 Å². The lowest BCUT2D eigenvalue weighted by Gasteiger charge is -2.27. The van der Waals surface area contributed by atoms with E-state index in [1.807, 2.05) is 0 Å². The predicted octanol–water partition coefficient (Wildman–Crippen LogP) is 9.20. The second-order valence-corrected chi connectivity index (χ2v) is 12.8. The molecular weight excluding hydrogens is 478 g/mol. The smallest absolute Gasteiger partial charge is 0.418 e. The highest BCUT2D eigenvalue weighted by Gasteiger charge is 2.44. The van der Waals surface area contributed by atoms with Gasteiger partial charge in [-0.2, -0.15) is 0 Å². The highest BCUT2D eigenvalue weighted by molar-refractivity contribution is 7.95. The van der Waals surface area contributed by atoms with E-state index in [4.69, 9.17) is 0 Å². The Labute approximate surface area is 216 Å². The molecule has 0 aliphatic rings. The first-order valence-electron chi connectivity index (χ1n) is 13.3. The second kappa shape index (κ2) is 16.6. The molecule has 0 saturated carbocycles. The van der Waals surface area contributed by atoms with E-state index in [2.05, 4.69) is 97.9 Å². The molecule has 0 nitrogen and oxygen atoms in total. The van der Waals surface area contributed by atoms with Crippen LogP contribution in [0.3, 0.4) is 0 Å². The molecule has 0 heterocycles. The summed E-state index contributed by atoms with van der Waals surface area (Å²) in [5, 5.41) is 4.55. The predicted molar refractivity (Wildman–Crippen MR) is 152 cm³/mol. The first-order valence-corrected chi connectivity index (χ1v) is 15.3. The largest absolute Gasteiger partial charge is 0.673 e. The number of rotatable bonds is 14. The lowest BCUT2D eigenvalue weighted by atomic mass is 10.1. The van der Waals surface area contributed by atoms with Crippen molar-refractivity contribution in [3.63, 3.8) is 0 Å². The van der Waals surface area contributed by atoms with E-state index in [0.717, 1.165) is 0 Å². The second-order valence-electron chi connectivity index (χ2n) is 9.22. The van der Waals surface area contributed by atoms with Crippen molar-refractivity contribution in [1.82, 2.24) is 0 Å². The van der Waals surface area contributed by atoms with Gasteiger partial charge in [-0.1, -0.05) is 113 Å². The molecule has 0 amide bonds. The first kappa shape index (κ1) is 30.1. The molecule has 0 unspecified atom stereocenters. The Balaban J connectivity index is 0.000000830. The summed E-state index contributed by atoms with van der Waals surface area (Å²) in [5.74, 6) is 0. The molecule has 3 rings (SSSR count). The Morgan fingerprint density at radius 1 is 0.472 bits per heavy atom. The summed E-state index contributed by atoms with van der Waals surface area (Å²) in [6.07, 6.45) is 15.2. The third kappa shape index (κ3) is 10.9. The fourth-order valence-corrected chi connectivity index (χ4v) is 9.13. The van der Waals surface area contributed by atoms with Gasteiger partial charge in [0.15, 0.2) is 0 Å². The van der Waals surface area contributed by atoms with Crippen molar-refractivity contribution in [1.29, 1.82) is 0 Å². The molecule has 0 spiro atoms. The van der Waals surface area contributed by atoms with Crippen molar-refractivity contribution in [3.8, 4) is 0 Å². The maximum atomic E-state index is 9.75. The summed E-state index contributed by atoms with van der Waals surface area (Å²) in [7, 11) is -7.63. The van der Waals surface area contributed by atoms with Crippen molar-refractivity contribution >= 4 is 30.4 Å². The van der Waals surface area contributed by atoms with Gasteiger partial charge in [0.25, 0.3) is 0 Å². The third-order valence-corrected chi connectivity index (χ3v) is 11.0. The van der Waals surface area contributed by atoms with Gasteiger partial charge in [0, 0.05) is 0 Å². The highest BCUT2D eigenvalue weighted by atomic mass is 31.2. The molecule has 3 aromatic rings. The molecule has 6 heteroatoms. The Hall–Kier alpha value is -2.13. The van der Waals surface area contributed by atoms with Gasteiger partial charge in [0.1, 0.15) is 23.2 Å². The van der Waals surface area contributed by atoms with Crippen LogP contribution in [0.5, 0.6) is 0 Å². The van der Waals surface area contributed by atoms with Gasteiger partial charge in [0.05, 0.1) is 6.16 Å². The molecule has 0 N–H and O–H groups in total. The molecule has 0 aliphatic heterocycles. The van der Waals surface area contributed by atoms with Crippen molar-refractivity contribution < 1.29 is 17.3 Å². The van der Waals surface area contributed by atoms with Crippen LogP contribution in [0.25, 0.3) is 0 Å². The average molecular weight is 518 g/mol. The van der Waals surface area contributed by atoms with Crippen molar-refractivity contribution in [2.45, 2.75) is 71.1 Å². The molecular formula is C30H40BF4P. The van der Waals surface area contributed by atoms with Crippen LogP contribution in [0.4, 0.5) is 17.3 Å². The van der Waals surface area contributed by atoms with Crippen molar-refractivity contribution in [2.75, 3.05) is 6.16 Å². The molecule has 0 fully saturated rings. The summed E-state index contributed by atoms with van der Waals surface area (Å²) in [6.45, 7) is 2.29. The molecule has 0 bridgehead atoms. The number of halogens is 4. The molecule has 0 aromatic heterocycles. The van der Waals surface area contributed by atoms with E-state index in [1.54, 1.807) is 0 Å². The SMILES string of the molecule is CCCCCCCCCCCC[P+](c1ccccc1)(c1ccccc1)c1ccccc1.F[B-](F)(F)F. The zero-order valence-corrected chi connectivity index (χ0v) is 22.4. The fraction of sp³-hybridized carbons (Fsp3) is 0.400. The van der Waals surface area contributed by atoms with Gasteiger partial charge in [-0.05, 0) is 49.2 Å². The zero-order chi connectivity index (χ0) is 26.1. The van der Waals surface area contributed by atoms with E-state index < -0.39 is 14.5 Å². The highest BCUT2D eigenvalue weighted by Crippen LogP contribution is 2.56. The van der Waals surface area contributed by atoms with E-state index in [1.165, 1.54) is 86.3 Å². The number of hydrogen-bond acceptors (Lipinski definition) is 0. The van der Waals surface area contributed by atoms with Crippen LogP contribution in [0, 0.1) is 0 Å². The van der Waals surface area contributed by atoms with Gasteiger partial charge in [-0.25, -0.2) is 0 Å². The van der Waals surface area contributed by atoms with Gasteiger partial charge in [-0.15, -0.1) is 0 Å². The third-order valence-electron chi connectivity index (χ3n) is 6.44. The monoisotopic (exact) mass is 518 g/mol. The standard InChI is InChI=1S/C30H40P.BF4/c1-2-3-4-5-6-7-8-9-10-20-27-31(28-21-14-11-15-22-28,29-23-16-12-17-24-29)30-25-18-13-19-26-30;2-1(3,4)5/h11-19,21-26H,2-10,20,27H2,1H3;/q+1;-1. The maximum absolute atomic E-state index is 9.75. The Kier molecular flexibility index (Phi) is 13.9. The first-order chi connectivity index (χ1) is 17.4. The van der Waals surface area contributed by atoms with E-state index in [-0.39, 0.29) is 0 Å². The molecule has 36 heavy (non-hydrogen) atoms. The Bertz CT molecular complexity index is 831. The molecule has 196 valence electrons. The number of benzene rings is 3. The van der Waals surface area contributed by atoms with E-state index in [9.17, 15) is 17.3 Å². The van der Waals surface area contributed by atoms with E-state index >= 15 is 0 Å². The van der Waals surface area contributed by atoms with Crippen LogP contribution in [0.2, 0.25) is 0 Å². The van der Waals surface area contributed by atoms with Gasteiger partial charge >= 0.3 is 7.25 Å². The normalized spacial score (nSPS) is 11.6. The average Bonchev–Trinajstić information content (AvgIpc) is 2.88. The van der Waals surface area contributed by atoms with Crippen molar-refractivity contribution in [3.05, 3.63) is 91.0 Å². The van der Waals surface area contributed by atoms with Crippen LogP contribution in [0.15, 0.2) is 91.0 Å². The summed E-state index contributed by atoms with van der Waals surface area (Å²) in [4.78, 5) is 0. The van der Waals surface area contributed by atoms with Gasteiger partial charge in [0.2, 0.25) is 0 Å². The van der Waals surface area contributed by atoms with E-state index in [0.29, 0.717) is 0 Å². The molecule has 0 atom stereocenters. The van der Waals surface area contributed by atoms with Crippen molar-refractivity contribution in [2.24, 2.45) is 0 Å². The lowest BCUT2D eigenvalue weighted by molar-refractivity contribution is 0.368.